The molecule has 5 nitrogen and oxygen atoms in total. The monoisotopic (exact) mass is 421 g/mol. The van der Waals surface area contributed by atoms with Gasteiger partial charge in [0, 0.05) is 23.0 Å². The second kappa shape index (κ2) is 8.33. The van der Waals surface area contributed by atoms with Crippen LogP contribution in [0.4, 0.5) is 0 Å². The van der Waals surface area contributed by atoms with Gasteiger partial charge in [0.25, 0.3) is 5.91 Å². The molecule has 0 unspecified atom stereocenters. The summed E-state index contributed by atoms with van der Waals surface area (Å²) >= 11 is 0. The van der Waals surface area contributed by atoms with Crippen LogP contribution in [0.3, 0.4) is 0 Å². The molecule has 31 heavy (non-hydrogen) atoms. The number of aromatic nitrogens is 1. The highest BCUT2D eigenvalue weighted by Gasteiger charge is 2.50. The largest absolute Gasteiger partial charge is 0.351 e. The Labute approximate surface area is 185 Å². The van der Waals surface area contributed by atoms with Gasteiger partial charge in [0.15, 0.2) is 0 Å². The Morgan fingerprint density at radius 3 is 2.35 bits per heavy atom. The molecule has 2 heterocycles. The molecular weight excluding hydrogens is 386 g/mol. The SMILES string of the molecule is C[C@]1(C(=O)NC2CCCCC2)Cn2c(cc3ccccc32)C(=O)N1C1CCCCCC1. The lowest BCUT2D eigenvalue weighted by molar-refractivity contribution is -0.135. The molecule has 1 aromatic heterocycles. The quantitative estimate of drug-likeness (QED) is 0.707. The van der Waals surface area contributed by atoms with Crippen molar-refractivity contribution in [2.24, 2.45) is 0 Å². The molecule has 5 rings (SSSR count). The number of hydrogen-bond acceptors (Lipinski definition) is 2. The number of carbonyl (C=O) groups excluding carboxylic acids is 2. The van der Waals surface area contributed by atoms with E-state index in [0.29, 0.717) is 6.54 Å². The molecular formula is C26H35N3O2. The molecule has 0 saturated heterocycles. The molecule has 0 spiro atoms. The van der Waals surface area contributed by atoms with E-state index in [1.54, 1.807) is 0 Å². The summed E-state index contributed by atoms with van der Waals surface area (Å²) in [5, 5.41) is 4.43. The molecule has 0 bridgehead atoms. The van der Waals surface area contributed by atoms with Crippen LogP contribution in [-0.2, 0) is 11.3 Å². The van der Waals surface area contributed by atoms with Crippen LogP contribution in [0.5, 0.6) is 0 Å². The fourth-order valence-corrected chi connectivity index (χ4v) is 6.14. The fourth-order valence-electron chi connectivity index (χ4n) is 6.14. The van der Waals surface area contributed by atoms with Crippen LogP contribution in [0.2, 0.25) is 0 Å². The molecule has 1 aliphatic heterocycles. The molecule has 166 valence electrons. The first-order chi connectivity index (χ1) is 15.1. The number of rotatable bonds is 3. The average Bonchev–Trinajstić information content (AvgIpc) is 2.94. The van der Waals surface area contributed by atoms with E-state index in [2.05, 4.69) is 22.0 Å². The van der Waals surface area contributed by atoms with Gasteiger partial charge in [-0.2, -0.15) is 0 Å². The van der Waals surface area contributed by atoms with Gasteiger partial charge in [-0.15, -0.1) is 0 Å². The second-order valence-corrected chi connectivity index (χ2v) is 10.1. The Hall–Kier alpha value is -2.30. The summed E-state index contributed by atoms with van der Waals surface area (Å²) < 4.78 is 2.09. The average molecular weight is 422 g/mol. The van der Waals surface area contributed by atoms with E-state index in [1.807, 2.05) is 30.0 Å². The summed E-state index contributed by atoms with van der Waals surface area (Å²) in [4.78, 5) is 29.7. The van der Waals surface area contributed by atoms with Crippen molar-refractivity contribution in [2.75, 3.05) is 0 Å². The minimum absolute atomic E-state index is 0.0237. The Bertz CT molecular complexity index is 966. The second-order valence-electron chi connectivity index (χ2n) is 10.1. The summed E-state index contributed by atoms with van der Waals surface area (Å²) in [5.41, 5.74) is 0.912. The van der Waals surface area contributed by atoms with Crippen molar-refractivity contribution in [3.8, 4) is 0 Å². The van der Waals surface area contributed by atoms with Gasteiger partial charge < -0.3 is 14.8 Å². The highest BCUT2D eigenvalue weighted by Crippen LogP contribution is 2.37. The predicted octanol–water partition coefficient (Wildman–Crippen LogP) is 5.03. The van der Waals surface area contributed by atoms with Gasteiger partial charge in [0.2, 0.25) is 5.91 Å². The molecule has 2 saturated carbocycles. The zero-order valence-corrected chi connectivity index (χ0v) is 18.7. The van der Waals surface area contributed by atoms with Crippen LogP contribution in [0, 0.1) is 0 Å². The summed E-state index contributed by atoms with van der Waals surface area (Å²) in [6.45, 7) is 2.53. The number of para-hydroxylation sites is 1. The Balaban J connectivity index is 1.55. The zero-order chi connectivity index (χ0) is 21.4. The van der Waals surface area contributed by atoms with Gasteiger partial charge in [0.1, 0.15) is 11.2 Å². The van der Waals surface area contributed by atoms with E-state index in [0.717, 1.165) is 55.1 Å². The van der Waals surface area contributed by atoms with E-state index < -0.39 is 5.54 Å². The lowest BCUT2D eigenvalue weighted by Crippen LogP contribution is -2.67. The normalized spacial score (nSPS) is 26.0. The van der Waals surface area contributed by atoms with E-state index in [-0.39, 0.29) is 23.9 Å². The number of hydrogen-bond donors (Lipinski definition) is 1. The maximum absolute atomic E-state index is 13.9. The van der Waals surface area contributed by atoms with Crippen molar-refractivity contribution in [2.45, 2.75) is 102 Å². The fraction of sp³-hybridized carbons (Fsp3) is 0.615. The van der Waals surface area contributed by atoms with E-state index in [9.17, 15) is 9.59 Å². The van der Waals surface area contributed by atoms with Crippen molar-refractivity contribution in [3.05, 3.63) is 36.0 Å². The molecule has 0 radical (unpaired) electrons. The first kappa shape index (κ1) is 20.6. The highest BCUT2D eigenvalue weighted by molar-refractivity contribution is 6.03. The van der Waals surface area contributed by atoms with Crippen LogP contribution < -0.4 is 5.32 Å². The predicted molar refractivity (Wildman–Crippen MR) is 123 cm³/mol. The number of fused-ring (bicyclic) bond motifs is 3. The minimum Gasteiger partial charge on any atom is -0.351 e. The maximum atomic E-state index is 13.9. The first-order valence-corrected chi connectivity index (χ1v) is 12.3. The lowest BCUT2D eigenvalue weighted by atomic mass is 9.89. The summed E-state index contributed by atoms with van der Waals surface area (Å²) in [5.74, 6) is 0.0519. The van der Waals surface area contributed by atoms with Gasteiger partial charge in [-0.3, -0.25) is 9.59 Å². The molecule has 1 atom stereocenters. The van der Waals surface area contributed by atoms with Crippen molar-refractivity contribution >= 4 is 22.7 Å². The Morgan fingerprint density at radius 2 is 1.61 bits per heavy atom. The molecule has 1 aromatic carbocycles. The van der Waals surface area contributed by atoms with Crippen LogP contribution >= 0.6 is 0 Å². The Morgan fingerprint density at radius 1 is 0.968 bits per heavy atom. The minimum atomic E-state index is -0.863. The van der Waals surface area contributed by atoms with Crippen LogP contribution in [0.15, 0.2) is 30.3 Å². The van der Waals surface area contributed by atoms with Gasteiger partial charge in [0.05, 0.1) is 6.54 Å². The molecule has 2 fully saturated rings. The summed E-state index contributed by atoms with van der Waals surface area (Å²) in [6.07, 6.45) is 12.4. The third-order valence-corrected chi connectivity index (χ3v) is 7.87. The van der Waals surface area contributed by atoms with Crippen LogP contribution in [-0.4, -0.2) is 38.9 Å². The van der Waals surface area contributed by atoms with Crippen molar-refractivity contribution in [1.29, 1.82) is 0 Å². The number of amides is 2. The van der Waals surface area contributed by atoms with Gasteiger partial charge in [-0.25, -0.2) is 0 Å². The highest BCUT2D eigenvalue weighted by atomic mass is 16.2. The smallest absolute Gasteiger partial charge is 0.271 e. The van der Waals surface area contributed by atoms with E-state index in [4.69, 9.17) is 0 Å². The zero-order valence-electron chi connectivity index (χ0n) is 18.7. The maximum Gasteiger partial charge on any atom is 0.271 e. The first-order valence-electron chi connectivity index (χ1n) is 12.3. The molecule has 2 amide bonds. The molecule has 5 heteroatoms. The van der Waals surface area contributed by atoms with Crippen molar-refractivity contribution in [3.63, 3.8) is 0 Å². The number of benzene rings is 1. The number of nitrogens with zero attached hydrogens (tertiary/aromatic N) is 2. The van der Waals surface area contributed by atoms with E-state index >= 15 is 0 Å². The topological polar surface area (TPSA) is 54.3 Å². The van der Waals surface area contributed by atoms with Crippen LogP contribution in [0.25, 0.3) is 10.9 Å². The molecule has 2 aliphatic carbocycles. The van der Waals surface area contributed by atoms with E-state index in [1.165, 1.54) is 32.1 Å². The summed E-state index contributed by atoms with van der Waals surface area (Å²) in [7, 11) is 0. The number of carbonyl (C=O) groups is 2. The summed E-state index contributed by atoms with van der Waals surface area (Å²) in [6, 6.07) is 10.5. The molecule has 3 aliphatic rings. The third kappa shape index (κ3) is 3.66. The third-order valence-electron chi connectivity index (χ3n) is 7.87. The standard InChI is InChI=1S/C26H35N3O2/c1-26(25(31)27-20-12-5-4-6-13-20)18-28-22-16-10-9-11-19(22)17-23(28)24(30)29(26)21-14-7-2-3-8-15-21/h9-11,16-17,20-21H,2-8,12-15,18H2,1H3,(H,27,31)/t26-/m1/s1. The molecule has 2 aromatic rings. The van der Waals surface area contributed by atoms with Crippen LogP contribution in [0.1, 0.15) is 88.0 Å². The molecule has 1 N–H and O–H groups in total. The van der Waals surface area contributed by atoms with Crippen molar-refractivity contribution < 1.29 is 9.59 Å². The number of nitrogens with one attached hydrogen (secondary N) is 1. The van der Waals surface area contributed by atoms with Gasteiger partial charge >= 0.3 is 0 Å². The lowest BCUT2D eigenvalue weighted by Gasteiger charge is -2.48. The van der Waals surface area contributed by atoms with Gasteiger partial charge in [-0.05, 0) is 44.7 Å². The van der Waals surface area contributed by atoms with Gasteiger partial charge in [-0.1, -0.05) is 63.1 Å². The van der Waals surface area contributed by atoms with Crippen molar-refractivity contribution in [1.82, 2.24) is 14.8 Å². The Kier molecular flexibility index (Phi) is 5.53.